The van der Waals surface area contributed by atoms with Gasteiger partial charge in [0.1, 0.15) is 6.54 Å². The van der Waals surface area contributed by atoms with Crippen LogP contribution in [-0.2, 0) is 11.3 Å². The number of hydrogen-bond acceptors (Lipinski definition) is 2. The minimum Gasteiger partial charge on any atom is -0.396 e. The summed E-state index contributed by atoms with van der Waals surface area (Å²) in [7, 11) is 0. The Morgan fingerprint density at radius 3 is 2.73 bits per heavy atom. The van der Waals surface area contributed by atoms with Crippen LogP contribution < -0.4 is 0 Å². The monoisotopic (exact) mass is 208 g/mol. The van der Waals surface area contributed by atoms with Crippen LogP contribution in [-0.4, -0.2) is 40.2 Å². The Kier molecular flexibility index (Phi) is 3.06. The van der Waals surface area contributed by atoms with Crippen LogP contribution in [0, 0.1) is 5.92 Å². The molecule has 1 N–H and O–H groups in total. The van der Waals surface area contributed by atoms with Gasteiger partial charge in [-0.05, 0) is 18.6 Å². The summed E-state index contributed by atoms with van der Waals surface area (Å²) in [5.41, 5.74) is 0. The lowest BCUT2D eigenvalue weighted by Gasteiger charge is -2.16. The first-order chi connectivity index (χ1) is 7.29. The molecule has 4 nitrogen and oxygen atoms in total. The minimum atomic E-state index is 0.141. The Morgan fingerprint density at radius 2 is 2.13 bits per heavy atom. The Hall–Kier alpha value is -1.29. The van der Waals surface area contributed by atoms with E-state index in [0.717, 1.165) is 13.0 Å². The average molecular weight is 208 g/mol. The lowest BCUT2D eigenvalue weighted by molar-refractivity contribution is -0.130. The molecule has 0 bridgehead atoms. The summed E-state index contributed by atoms with van der Waals surface area (Å²) in [6, 6.07) is 3.82. The predicted molar refractivity (Wildman–Crippen MR) is 56.2 cm³/mol. The van der Waals surface area contributed by atoms with Gasteiger partial charge >= 0.3 is 0 Å². The average Bonchev–Trinajstić information content (AvgIpc) is 2.86. The van der Waals surface area contributed by atoms with Crippen molar-refractivity contribution in [1.29, 1.82) is 0 Å². The molecule has 0 saturated carbocycles. The molecule has 0 radical (unpaired) electrons. The van der Waals surface area contributed by atoms with Gasteiger partial charge in [0.05, 0.1) is 0 Å². The summed E-state index contributed by atoms with van der Waals surface area (Å²) in [4.78, 5) is 13.6. The molecule has 1 aliphatic rings. The number of carbonyl (C=O) groups is 1. The smallest absolute Gasteiger partial charge is 0.242 e. The lowest BCUT2D eigenvalue weighted by Crippen LogP contribution is -2.31. The highest BCUT2D eigenvalue weighted by Crippen LogP contribution is 2.15. The van der Waals surface area contributed by atoms with E-state index < -0.39 is 0 Å². The normalized spacial score (nSPS) is 20.9. The molecule has 1 aliphatic heterocycles. The summed E-state index contributed by atoms with van der Waals surface area (Å²) >= 11 is 0. The summed E-state index contributed by atoms with van der Waals surface area (Å²) in [6.07, 6.45) is 4.70. The molecule has 0 aliphatic carbocycles. The number of rotatable bonds is 3. The number of aliphatic hydroxyl groups is 1. The fourth-order valence-corrected chi connectivity index (χ4v) is 1.94. The number of hydrogen-bond donors (Lipinski definition) is 1. The topological polar surface area (TPSA) is 45.5 Å². The SMILES string of the molecule is O=C(Cn1cccc1)N1CCC(CO)C1. The summed E-state index contributed by atoms with van der Waals surface area (Å²) in [6.45, 7) is 2.08. The molecule has 1 atom stereocenters. The number of likely N-dealkylation sites (tertiary alicyclic amines) is 1. The van der Waals surface area contributed by atoms with Gasteiger partial charge in [0.25, 0.3) is 0 Å². The van der Waals surface area contributed by atoms with Gasteiger partial charge in [-0.3, -0.25) is 4.79 Å². The zero-order chi connectivity index (χ0) is 10.7. The van der Waals surface area contributed by atoms with Crippen LogP contribution in [0.2, 0.25) is 0 Å². The number of nitrogens with zero attached hydrogens (tertiary/aromatic N) is 2. The molecular weight excluding hydrogens is 192 g/mol. The largest absolute Gasteiger partial charge is 0.396 e. The molecule has 0 spiro atoms. The van der Waals surface area contributed by atoms with Crippen LogP contribution >= 0.6 is 0 Å². The second-order valence-corrected chi connectivity index (χ2v) is 4.03. The van der Waals surface area contributed by atoms with Gasteiger partial charge < -0.3 is 14.6 Å². The van der Waals surface area contributed by atoms with E-state index in [2.05, 4.69) is 0 Å². The molecule has 1 aromatic rings. The van der Waals surface area contributed by atoms with E-state index in [9.17, 15) is 4.79 Å². The van der Waals surface area contributed by atoms with Crippen LogP contribution in [0.25, 0.3) is 0 Å². The van der Waals surface area contributed by atoms with Crippen LogP contribution in [0.1, 0.15) is 6.42 Å². The Morgan fingerprint density at radius 1 is 1.40 bits per heavy atom. The third-order valence-corrected chi connectivity index (χ3v) is 2.88. The van der Waals surface area contributed by atoms with Gasteiger partial charge in [-0.1, -0.05) is 0 Å². The molecule has 4 heteroatoms. The van der Waals surface area contributed by atoms with Crippen LogP contribution in [0.15, 0.2) is 24.5 Å². The summed E-state index contributed by atoms with van der Waals surface area (Å²) in [5, 5.41) is 8.98. The molecular formula is C11H16N2O2. The Bertz CT molecular complexity index is 321. The summed E-state index contributed by atoms with van der Waals surface area (Å²) in [5.74, 6) is 0.417. The first-order valence-electron chi connectivity index (χ1n) is 5.29. The van der Waals surface area contributed by atoms with E-state index in [1.54, 1.807) is 0 Å². The second-order valence-electron chi connectivity index (χ2n) is 4.03. The fraction of sp³-hybridized carbons (Fsp3) is 0.545. The van der Waals surface area contributed by atoms with E-state index in [1.807, 2.05) is 34.0 Å². The van der Waals surface area contributed by atoms with Crippen molar-refractivity contribution in [2.75, 3.05) is 19.7 Å². The van der Waals surface area contributed by atoms with E-state index >= 15 is 0 Å². The van der Waals surface area contributed by atoms with E-state index in [0.29, 0.717) is 13.1 Å². The van der Waals surface area contributed by atoms with Gasteiger partial charge in [-0.2, -0.15) is 0 Å². The molecule has 1 unspecified atom stereocenters. The van der Waals surface area contributed by atoms with Crippen molar-refractivity contribution in [2.45, 2.75) is 13.0 Å². The van der Waals surface area contributed by atoms with Crippen molar-refractivity contribution in [3.05, 3.63) is 24.5 Å². The zero-order valence-corrected chi connectivity index (χ0v) is 8.67. The third-order valence-electron chi connectivity index (χ3n) is 2.88. The number of aromatic nitrogens is 1. The minimum absolute atomic E-state index is 0.141. The molecule has 1 amide bonds. The van der Waals surface area contributed by atoms with E-state index in [1.165, 1.54) is 0 Å². The quantitative estimate of drug-likeness (QED) is 0.778. The van der Waals surface area contributed by atoms with Crippen molar-refractivity contribution in [2.24, 2.45) is 5.92 Å². The highest BCUT2D eigenvalue weighted by Gasteiger charge is 2.25. The Labute approximate surface area is 89.1 Å². The molecule has 1 aromatic heterocycles. The standard InChI is InChI=1S/C11H16N2O2/c14-9-10-3-6-13(7-10)11(15)8-12-4-1-2-5-12/h1-2,4-5,10,14H,3,6-9H2. The van der Waals surface area contributed by atoms with Crippen LogP contribution in [0.3, 0.4) is 0 Å². The molecule has 2 heterocycles. The van der Waals surface area contributed by atoms with Crippen molar-refractivity contribution < 1.29 is 9.90 Å². The predicted octanol–water partition coefficient (Wildman–Crippen LogP) is 0.329. The van der Waals surface area contributed by atoms with Crippen molar-refractivity contribution in [3.8, 4) is 0 Å². The van der Waals surface area contributed by atoms with Crippen LogP contribution in [0.4, 0.5) is 0 Å². The number of aliphatic hydroxyl groups excluding tert-OH is 1. The number of amides is 1. The fourth-order valence-electron chi connectivity index (χ4n) is 1.94. The maximum atomic E-state index is 11.8. The Balaban J connectivity index is 1.87. The lowest BCUT2D eigenvalue weighted by atomic mass is 10.1. The molecule has 15 heavy (non-hydrogen) atoms. The highest BCUT2D eigenvalue weighted by atomic mass is 16.3. The molecule has 1 fully saturated rings. The maximum absolute atomic E-state index is 11.8. The molecule has 0 aromatic carbocycles. The van der Waals surface area contributed by atoms with Crippen molar-refractivity contribution in [1.82, 2.24) is 9.47 Å². The maximum Gasteiger partial charge on any atom is 0.242 e. The van der Waals surface area contributed by atoms with Crippen molar-refractivity contribution in [3.63, 3.8) is 0 Å². The van der Waals surface area contributed by atoms with E-state index in [4.69, 9.17) is 5.11 Å². The van der Waals surface area contributed by atoms with Crippen LogP contribution in [0.5, 0.6) is 0 Å². The van der Waals surface area contributed by atoms with Gasteiger partial charge in [0, 0.05) is 38.0 Å². The first kappa shape index (κ1) is 10.2. The first-order valence-corrected chi connectivity index (χ1v) is 5.29. The highest BCUT2D eigenvalue weighted by molar-refractivity contribution is 5.76. The van der Waals surface area contributed by atoms with Crippen molar-refractivity contribution >= 4 is 5.91 Å². The third kappa shape index (κ3) is 2.39. The molecule has 1 saturated heterocycles. The summed E-state index contributed by atoms with van der Waals surface area (Å²) < 4.78 is 1.87. The van der Waals surface area contributed by atoms with Gasteiger partial charge in [-0.15, -0.1) is 0 Å². The second kappa shape index (κ2) is 4.49. The number of carbonyl (C=O) groups excluding carboxylic acids is 1. The zero-order valence-electron chi connectivity index (χ0n) is 8.67. The van der Waals surface area contributed by atoms with Gasteiger partial charge in [0.2, 0.25) is 5.91 Å². The van der Waals surface area contributed by atoms with Gasteiger partial charge in [0.15, 0.2) is 0 Å². The molecule has 82 valence electrons. The molecule has 2 rings (SSSR count). The van der Waals surface area contributed by atoms with Gasteiger partial charge in [-0.25, -0.2) is 0 Å². The van der Waals surface area contributed by atoms with E-state index in [-0.39, 0.29) is 18.4 Å².